The first-order valence-electron chi connectivity index (χ1n) is 6.67. The Balaban J connectivity index is 1.88. The van der Waals surface area contributed by atoms with Crippen molar-refractivity contribution in [1.29, 1.82) is 5.26 Å². The summed E-state index contributed by atoms with van der Waals surface area (Å²) in [6.07, 6.45) is 3.83. The molecule has 0 radical (unpaired) electrons. The minimum atomic E-state index is -0.459. The third-order valence-electron chi connectivity index (χ3n) is 4.21. The molecule has 0 aliphatic carbocycles. The molecule has 3 nitrogen and oxygen atoms in total. The summed E-state index contributed by atoms with van der Waals surface area (Å²) in [5, 5.41) is 12.5. The van der Waals surface area contributed by atoms with Gasteiger partial charge in [-0.05, 0) is 43.9 Å². The molecule has 4 heteroatoms. The summed E-state index contributed by atoms with van der Waals surface area (Å²) in [6.45, 7) is 0. The van der Waals surface area contributed by atoms with E-state index in [1.54, 1.807) is 0 Å². The minimum Gasteiger partial charge on any atom is -0.311 e. The van der Waals surface area contributed by atoms with Crippen molar-refractivity contribution in [3.05, 3.63) is 35.1 Å². The SMILES string of the molecule is N#Cc1ccc(F)cc1C(=O)C1CC2CCC(C1)N2. The zero-order valence-corrected chi connectivity index (χ0v) is 10.5. The molecule has 0 spiro atoms. The number of nitrogens with one attached hydrogen (secondary N) is 1. The molecule has 0 aromatic heterocycles. The van der Waals surface area contributed by atoms with Gasteiger partial charge in [-0.3, -0.25) is 4.79 Å². The molecule has 19 heavy (non-hydrogen) atoms. The second-order valence-corrected chi connectivity index (χ2v) is 5.47. The van der Waals surface area contributed by atoms with Gasteiger partial charge in [-0.1, -0.05) is 0 Å². The third kappa shape index (κ3) is 2.26. The fourth-order valence-electron chi connectivity index (χ4n) is 3.31. The molecule has 2 aliphatic rings. The van der Waals surface area contributed by atoms with Gasteiger partial charge in [0.1, 0.15) is 5.82 Å². The summed E-state index contributed by atoms with van der Waals surface area (Å²) in [5.74, 6) is -0.610. The molecule has 1 aromatic carbocycles. The number of rotatable bonds is 2. The Morgan fingerprint density at radius 3 is 2.63 bits per heavy atom. The van der Waals surface area contributed by atoms with Gasteiger partial charge in [-0.25, -0.2) is 4.39 Å². The van der Waals surface area contributed by atoms with Crippen molar-refractivity contribution in [2.75, 3.05) is 0 Å². The van der Waals surface area contributed by atoms with Crippen LogP contribution in [0.1, 0.15) is 41.6 Å². The minimum absolute atomic E-state index is 0.0746. The monoisotopic (exact) mass is 258 g/mol. The molecule has 0 saturated carbocycles. The molecule has 98 valence electrons. The lowest BCUT2D eigenvalue weighted by atomic mass is 9.84. The van der Waals surface area contributed by atoms with Crippen LogP contribution in [0.2, 0.25) is 0 Å². The Bertz CT molecular complexity index is 552. The van der Waals surface area contributed by atoms with Crippen LogP contribution in [-0.2, 0) is 0 Å². The Kier molecular flexibility index (Phi) is 3.08. The maximum atomic E-state index is 13.3. The number of nitrogens with zero attached hydrogens (tertiary/aromatic N) is 1. The maximum absolute atomic E-state index is 13.3. The van der Waals surface area contributed by atoms with Crippen molar-refractivity contribution in [3.63, 3.8) is 0 Å². The Morgan fingerprint density at radius 2 is 2.00 bits per heavy atom. The number of carbonyl (C=O) groups excluding carboxylic acids is 1. The van der Waals surface area contributed by atoms with Gasteiger partial charge in [0.25, 0.3) is 0 Å². The van der Waals surface area contributed by atoms with E-state index < -0.39 is 5.82 Å². The highest BCUT2D eigenvalue weighted by Gasteiger charge is 2.37. The number of nitriles is 1. The first-order chi connectivity index (χ1) is 9.17. The number of hydrogen-bond acceptors (Lipinski definition) is 3. The van der Waals surface area contributed by atoms with Crippen LogP contribution in [0.4, 0.5) is 4.39 Å². The smallest absolute Gasteiger partial charge is 0.167 e. The molecule has 3 rings (SSSR count). The second-order valence-electron chi connectivity index (χ2n) is 5.47. The van der Waals surface area contributed by atoms with Gasteiger partial charge in [0.2, 0.25) is 0 Å². The van der Waals surface area contributed by atoms with Crippen molar-refractivity contribution >= 4 is 5.78 Å². The van der Waals surface area contributed by atoms with Crippen molar-refractivity contribution in [2.45, 2.75) is 37.8 Å². The molecule has 1 aromatic rings. The van der Waals surface area contributed by atoms with Gasteiger partial charge >= 0.3 is 0 Å². The predicted octanol–water partition coefficient (Wildman–Crippen LogP) is 2.41. The van der Waals surface area contributed by atoms with Crippen LogP contribution in [0.25, 0.3) is 0 Å². The number of halogens is 1. The van der Waals surface area contributed by atoms with Gasteiger partial charge in [0.15, 0.2) is 5.78 Å². The van der Waals surface area contributed by atoms with Crippen LogP contribution >= 0.6 is 0 Å². The Hall–Kier alpha value is -1.73. The van der Waals surface area contributed by atoms with E-state index in [1.165, 1.54) is 18.2 Å². The normalized spacial score (nSPS) is 28.9. The second kappa shape index (κ2) is 4.75. The largest absolute Gasteiger partial charge is 0.311 e. The summed E-state index contributed by atoms with van der Waals surface area (Å²) in [4.78, 5) is 12.5. The van der Waals surface area contributed by atoms with Crippen molar-refractivity contribution in [1.82, 2.24) is 5.32 Å². The van der Waals surface area contributed by atoms with Gasteiger partial charge in [-0.15, -0.1) is 0 Å². The lowest BCUT2D eigenvalue weighted by molar-refractivity contribution is 0.0875. The molecule has 2 fully saturated rings. The molecule has 1 N–H and O–H groups in total. The Morgan fingerprint density at radius 1 is 1.32 bits per heavy atom. The third-order valence-corrected chi connectivity index (χ3v) is 4.21. The average molecular weight is 258 g/mol. The highest BCUT2D eigenvalue weighted by atomic mass is 19.1. The van der Waals surface area contributed by atoms with Gasteiger partial charge in [-0.2, -0.15) is 5.26 Å². The zero-order valence-electron chi connectivity index (χ0n) is 10.5. The van der Waals surface area contributed by atoms with Crippen LogP contribution < -0.4 is 5.32 Å². The molecular formula is C15H15FN2O. The molecule has 2 saturated heterocycles. The predicted molar refractivity (Wildman–Crippen MR) is 68.1 cm³/mol. The molecule has 2 heterocycles. The fraction of sp³-hybridized carbons (Fsp3) is 0.467. The number of ketones is 1. The Labute approximate surface area is 111 Å². The number of fused-ring (bicyclic) bond motifs is 2. The van der Waals surface area contributed by atoms with E-state index in [1.807, 2.05) is 6.07 Å². The van der Waals surface area contributed by atoms with E-state index in [0.717, 1.165) is 25.7 Å². The van der Waals surface area contributed by atoms with E-state index >= 15 is 0 Å². The lowest BCUT2D eigenvalue weighted by Crippen LogP contribution is -2.40. The summed E-state index contributed by atoms with van der Waals surface area (Å²) in [7, 11) is 0. The van der Waals surface area contributed by atoms with Crippen LogP contribution in [0, 0.1) is 23.1 Å². The molecule has 0 amide bonds. The standard InChI is InChI=1S/C15H15FN2O/c16-11-2-1-9(8-17)14(7-11)15(19)10-5-12-3-4-13(6-10)18-12/h1-2,7,10,12-13,18H,3-6H2. The fourth-order valence-corrected chi connectivity index (χ4v) is 3.31. The zero-order chi connectivity index (χ0) is 13.4. The van der Waals surface area contributed by atoms with Gasteiger partial charge < -0.3 is 5.32 Å². The van der Waals surface area contributed by atoms with Crippen molar-refractivity contribution < 1.29 is 9.18 Å². The topological polar surface area (TPSA) is 52.9 Å². The van der Waals surface area contributed by atoms with Gasteiger partial charge in [0.05, 0.1) is 11.6 Å². The molecule has 2 atom stereocenters. The van der Waals surface area contributed by atoms with Crippen molar-refractivity contribution in [3.8, 4) is 6.07 Å². The molecule has 2 unspecified atom stereocenters. The number of carbonyl (C=O) groups is 1. The summed E-state index contributed by atoms with van der Waals surface area (Å²) < 4.78 is 13.3. The summed E-state index contributed by atoms with van der Waals surface area (Å²) >= 11 is 0. The molecular weight excluding hydrogens is 243 g/mol. The lowest BCUT2D eigenvalue weighted by Gasteiger charge is -2.28. The van der Waals surface area contributed by atoms with E-state index in [9.17, 15) is 9.18 Å². The van der Waals surface area contributed by atoms with E-state index in [-0.39, 0.29) is 22.8 Å². The van der Waals surface area contributed by atoms with Crippen LogP contribution in [0.15, 0.2) is 18.2 Å². The van der Waals surface area contributed by atoms with Gasteiger partial charge in [0, 0.05) is 23.6 Å². The van der Waals surface area contributed by atoms with Crippen LogP contribution in [0.3, 0.4) is 0 Å². The summed E-state index contributed by atoms with van der Waals surface area (Å²) in [6, 6.07) is 6.61. The van der Waals surface area contributed by atoms with E-state index in [0.29, 0.717) is 12.1 Å². The first kappa shape index (κ1) is 12.3. The van der Waals surface area contributed by atoms with Crippen molar-refractivity contribution in [2.24, 2.45) is 5.92 Å². The first-order valence-corrected chi connectivity index (χ1v) is 6.67. The molecule has 2 bridgehead atoms. The number of hydrogen-bond donors (Lipinski definition) is 1. The van der Waals surface area contributed by atoms with E-state index in [2.05, 4.69) is 5.32 Å². The maximum Gasteiger partial charge on any atom is 0.167 e. The molecule has 2 aliphatic heterocycles. The van der Waals surface area contributed by atoms with Crippen LogP contribution in [-0.4, -0.2) is 17.9 Å². The highest BCUT2D eigenvalue weighted by Crippen LogP contribution is 2.33. The number of Topliss-reactive ketones (excluding diaryl/α,β-unsaturated/α-hetero) is 1. The average Bonchev–Trinajstić information content (AvgIpc) is 2.76. The highest BCUT2D eigenvalue weighted by molar-refractivity contribution is 6.00. The van der Waals surface area contributed by atoms with Crippen LogP contribution in [0.5, 0.6) is 0 Å². The number of piperidine rings is 1. The number of benzene rings is 1. The van der Waals surface area contributed by atoms with E-state index in [4.69, 9.17) is 5.26 Å². The quantitative estimate of drug-likeness (QED) is 0.829. The summed E-state index contributed by atoms with van der Waals surface area (Å²) in [5.41, 5.74) is 0.520.